The van der Waals surface area contributed by atoms with Crippen molar-refractivity contribution < 1.29 is 18.0 Å². The molecule has 2 aromatic rings. The first kappa shape index (κ1) is 22.3. The van der Waals surface area contributed by atoms with E-state index in [0.29, 0.717) is 17.2 Å². The van der Waals surface area contributed by atoms with Crippen LogP contribution in [0.25, 0.3) is 5.69 Å². The van der Waals surface area contributed by atoms with E-state index in [-0.39, 0.29) is 27.9 Å². The highest BCUT2D eigenvalue weighted by Crippen LogP contribution is 2.34. The third-order valence-electron chi connectivity index (χ3n) is 4.31. The van der Waals surface area contributed by atoms with Crippen LogP contribution in [0.3, 0.4) is 0 Å². The smallest absolute Gasteiger partial charge is 0.307 e. The molecule has 164 valence electrons. The maximum Gasteiger partial charge on any atom is 0.418 e. The van der Waals surface area contributed by atoms with Gasteiger partial charge in [-0.05, 0) is 36.8 Å². The van der Waals surface area contributed by atoms with E-state index in [2.05, 4.69) is 25.9 Å². The second-order valence-electron chi connectivity index (χ2n) is 6.65. The number of aromatic nitrogens is 3. The van der Waals surface area contributed by atoms with Gasteiger partial charge in [-0.2, -0.15) is 23.4 Å². The van der Waals surface area contributed by atoms with E-state index in [1.807, 2.05) is 0 Å². The minimum Gasteiger partial charge on any atom is -0.307 e. The van der Waals surface area contributed by atoms with Crippen LogP contribution in [-0.4, -0.2) is 32.1 Å². The number of carbonyl (C=O) groups is 1. The number of hydrogen-bond acceptors (Lipinski definition) is 7. The molecular weight excluding hydrogens is 443 g/mol. The summed E-state index contributed by atoms with van der Waals surface area (Å²) < 4.78 is 41.3. The van der Waals surface area contributed by atoms with Crippen molar-refractivity contribution >= 4 is 23.3 Å². The molecule has 1 aliphatic rings. The van der Waals surface area contributed by atoms with E-state index in [9.17, 15) is 27.6 Å². The molecule has 1 N–H and O–H groups in total. The minimum atomic E-state index is -4.92. The molecule has 0 radical (unpaired) electrons. The average Bonchev–Trinajstić information content (AvgIpc) is 2.89. The highest BCUT2D eigenvalue weighted by atomic mass is 35.5. The predicted molar refractivity (Wildman–Crippen MR) is 104 cm³/mol. The third-order valence-corrected chi connectivity index (χ3v) is 4.55. The molecule has 1 amide bonds. The van der Waals surface area contributed by atoms with E-state index >= 15 is 0 Å². The normalized spacial score (nSPS) is 16.6. The molecule has 14 heteroatoms. The van der Waals surface area contributed by atoms with Gasteiger partial charge in [0.2, 0.25) is 5.69 Å². The van der Waals surface area contributed by atoms with Gasteiger partial charge in [0.15, 0.2) is 0 Å². The third kappa shape index (κ3) is 4.71. The summed E-state index contributed by atoms with van der Waals surface area (Å²) in [5.41, 5.74) is -5.42. The van der Waals surface area contributed by atoms with E-state index in [4.69, 9.17) is 11.6 Å². The summed E-state index contributed by atoms with van der Waals surface area (Å²) in [6.45, 7) is 1.79. The van der Waals surface area contributed by atoms with Crippen LogP contribution in [0.2, 0.25) is 5.02 Å². The molecular formula is C17H15ClF3N7O3. The first-order valence-electron chi connectivity index (χ1n) is 8.84. The molecule has 1 atom stereocenters. The van der Waals surface area contributed by atoms with Crippen LogP contribution >= 0.6 is 11.6 Å². The van der Waals surface area contributed by atoms with Crippen molar-refractivity contribution in [2.45, 2.75) is 32.0 Å². The first-order valence-corrected chi connectivity index (χ1v) is 9.22. The van der Waals surface area contributed by atoms with Gasteiger partial charge >= 0.3 is 11.9 Å². The van der Waals surface area contributed by atoms with Crippen molar-refractivity contribution in [1.29, 1.82) is 0 Å². The highest BCUT2D eigenvalue weighted by Gasteiger charge is 2.35. The van der Waals surface area contributed by atoms with Crippen molar-refractivity contribution in [2.24, 2.45) is 22.5 Å². The molecule has 3 rings (SSSR count). The van der Waals surface area contributed by atoms with Gasteiger partial charge in [-0.1, -0.05) is 11.6 Å². The maximum atomic E-state index is 13.5. The number of rotatable bonds is 2. The summed E-state index contributed by atoms with van der Waals surface area (Å²) >= 11 is 5.66. The molecule has 1 aliphatic heterocycles. The van der Waals surface area contributed by atoms with Crippen molar-refractivity contribution in [3.8, 4) is 5.69 Å². The molecule has 2 heterocycles. The fourth-order valence-electron chi connectivity index (χ4n) is 2.76. The van der Waals surface area contributed by atoms with E-state index in [1.165, 1.54) is 0 Å². The van der Waals surface area contributed by atoms with Crippen LogP contribution < -0.4 is 16.6 Å². The molecule has 0 bridgehead atoms. The van der Waals surface area contributed by atoms with Crippen LogP contribution in [0.4, 0.5) is 13.2 Å². The lowest BCUT2D eigenvalue weighted by molar-refractivity contribution is -0.137. The Labute approximate surface area is 177 Å². The number of hydrogen-bond donors (Lipinski definition) is 1. The summed E-state index contributed by atoms with van der Waals surface area (Å²) in [6.07, 6.45) is -4.12. The summed E-state index contributed by atoms with van der Waals surface area (Å²) in [5.74, 6) is -0.956. The second-order valence-corrected chi connectivity index (χ2v) is 7.08. The largest absolute Gasteiger partial charge is 0.418 e. The summed E-state index contributed by atoms with van der Waals surface area (Å²) in [6, 6.07) is 2.41. The fraction of sp³-hybridized carbons (Fsp3) is 0.353. The SMILES string of the molecule is CC1CCC(NC(=O)c2nn(C)c(=O)n(-c3ccc(Cl)cc3C(F)(F)F)c2=O)=NN=N1. The summed E-state index contributed by atoms with van der Waals surface area (Å²) in [7, 11) is 1.09. The van der Waals surface area contributed by atoms with Gasteiger partial charge in [-0.25, -0.2) is 14.0 Å². The zero-order chi connectivity index (χ0) is 22.9. The Morgan fingerprint density at radius 2 is 2.00 bits per heavy atom. The molecule has 1 aromatic heterocycles. The standard InChI is InChI=1S/C17H15ClF3N7O3/c1-8-3-6-12(24-26-23-8)22-14(29)13-15(30)28(16(31)27(2)25-13)11-5-4-9(18)7-10(11)17(19,20)21/h4-5,7-8H,3,6H2,1-2H3,(H,22,23,24,29). The second kappa shape index (κ2) is 8.41. The maximum absolute atomic E-state index is 13.5. The Morgan fingerprint density at radius 1 is 1.29 bits per heavy atom. The van der Waals surface area contributed by atoms with Gasteiger partial charge in [-0.3, -0.25) is 9.59 Å². The Hall–Kier alpha value is -3.35. The molecule has 31 heavy (non-hydrogen) atoms. The molecule has 1 unspecified atom stereocenters. The average molecular weight is 458 g/mol. The fourth-order valence-corrected chi connectivity index (χ4v) is 2.93. The van der Waals surface area contributed by atoms with Gasteiger partial charge in [0.25, 0.3) is 11.5 Å². The van der Waals surface area contributed by atoms with Gasteiger partial charge in [0.05, 0.1) is 17.3 Å². The van der Waals surface area contributed by atoms with Crippen molar-refractivity contribution in [1.82, 2.24) is 19.7 Å². The van der Waals surface area contributed by atoms with Crippen LogP contribution in [0.15, 0.2) is 43.2 Å². The molecule has 1 aromatic carbocycles. The Balaban J connectivity index is 2.11. The number of benzene rings is 1. The lowest BCUT2D eigenvalue weighted by Gasteiger charge is -2.15. The van der Waals surface area contributed by atoms with Gasteiger partial charge in [0, 0.05) is 18.5 Å². The molecule has 0 saturated carbocycles. The number of nitrogens with zero attached hydrogens (tertiary/aromatic N) is 6. The van der Waals surface area contributed by atoms with Crippen LogP contribution in [0, 0.1) is 0 Å². The van der Waals surface area contributed by atoms with E-state index < -0.39 is 40.3 Å². The first-order chi connectivity index (χ1) is 14.5. The molecule has 10 nitrogen and oxygen atoms in total. The number of halogens is 4. The lowest BCUT2D eigenvalue weighted by Crippen LogP contribution is -2.46. The number of nitrogens with one attached hydrogen (secondary N) is 1. The van der Waals surface area contributed by atoms with Crippen LogP contribution in [0.1, 0.15) is 35.8 Å². The predicted octanol–water partition coefficient (Wildman–Crippen LogP) is 2.28. The molecule has 0 saturated heterocycles. The lowest BCUT2D eigenvalue weighted by atomic mass is 10.1. The number of alkyl halides is 3. The molecule has 0 spiro atoms. The van der Waals surface area contributed by atoms with E-state index in [1.54, 1.807) is 6.92 Å². The Morgan fingerprint density at radius 3 is 2.68 bits per heavy atom. The molecule has 0 fully saturated rings. The van der Waals surface area contributed by atoms with E-state index in [0.717, 1.165) is 19.2 Å². The van der Waals surface area contributed by atoms with Crippen LogP contribution in [0.5, 0.6) is 0 Å². The monoisotopic (exact) mass is 457 g/mol. The van der Waals surface area contributed by atoms with Crippen LogP contribution in [-0.2, 0) is 13.2 Å². The number of aryl methyl sites for hydroxylation is 1. The minimum absolute atomic E-state index is 0.0992. The van der Waals surface area contributed by atoms with Crippen molar-refractivity contribution in [3.05, 3.63) is 55.3 Å². The van der Waals surface area contributed by atoms with Gasteiger partial charge < -0.3 is 5.32 Å². The zero-order valence-corrected chi connectivity index (χ0v) is 16.9. The number of amides is 1. The number of carbonyl (C=O) groups excluding carboxylic acids is 1. The van der Waals surface area contributed by atoms with Crippen molar-refractivity contribution in [3.63, 3.8) is 0 Å². The summed E-state index contributed by atoms with van der Waals surface area (Å²) in [4.78, 5) is 37.9. The van der Waals surface area contributed by atoms with Gasteiger partial charge in [-0.15, -0.1) is 5.10 Å². The Kier molecular flexibility index (Phi) is 6.06. The molecule has 0 aliphatic carbocycles. The van der Waals surface area contributed by atoms with Gasteiger partial charge in [0.1, 0.15) is 5.84 Å². The number of amidine groups is 1. The van der Waals surface area contributed by atoms with Crippen molar-refractivity contribution in [2.75, 3.05) is 0 Å². The topological polar surface area (TPSA) is 123 Å². The quantitative estimate of drug-likeness (QED) is 0.743. The highest BCUT2D eigenvalue weighted by molar-refractivity contribution is 6.30. The Bertz CT molecular complexity index is 1220. The zero-order valence-electron chi connectivity index (χ0n) is 16.1. The summed E-state index contributed by atoms with van der Waals surface area (Å²) in [5, 5.41) is 16.8.